The van der Waals surface area contributed by atoms with Crippen LogP contribution in [0.5, 0.6) is 0 Å². The molecule has 1 aliphatic heterocycles. The van der Waals surface area contributed by atoms with Crippen LogP contribution < -0.4 is 9.62 Å². The van der Waals surface area contributed by atoms with Gasteiger partial charge < -0.3 is 10.1 Å². The first-order chi connectivity index (χ1) is 16.3. The molecule has 0 bridgehead atoms. The van der Waals surface area contributed by atoms with Gasteiger partial charge in [-0.15, -0.1) is 0 Å². The van der Waals surface area contributed by atoms with Crippen molar-refractivity contribution in [1.82, 2.24) is 5.32 Å². The molecule has 1 unspecified atom stereocenters. The number of anilines is 1. The average Bonchev–Trinajstić information content (AvgIpc) is 3.18. The lowest BCUT2D eigenvalue weighted by Gasteiger charge is -2.24. The monoisotopic (exact) mass is 482 g/mol. The second kappa shape index (κ2) is 9.64. The number of carbonyl (C=O) groups is 2. The van der Waals surface area contributed by atoms with Gasteiger partial charge in [0.25, 0.3) is 15.9 Å². The van der Waals surface area contributed by atoms with E-state index in [1.165, 1.54) is 40.7 Å². The highest BCUT2D eigenvalue weighted by molar-refractivity contribution is 7.92. The quantitative estimate of drug-likeness (QED) is 0.521. The van der Waals surface area contributed by atoms with Crippen LogP contribution in [0.1, 0.15) is 28.4 Å². The molecule has 1 amide bonds. The van der Waals surface area contributed by atoms with E-state index < -0.39 is 34.3 Å². The SMILES string of the molecule is CC1Cc2ccccc2N1S(=O)(=O)c1cccc(C(=O)OCC(=O)NCc2ccccc2F)c1. The van der Waals surface area contributed by atoms with Crippen molar-refractivity contribution in [2.24, 2.45) is 0 Å². The number of carbonyl (C=O) groups excluding carboxylic acids is 2. The van der Waals surface area contributed by atoms with Gasteiger partial charge in [-0.2, -0.15) is 0 Å². The fourth-order valence-electron chi connectivity index (χ4n) is 3.90. The normalized spacial score (nSPS) is 15.0. The molecule has 3 aromatic carbocycles. The Kier molecular flexibility index (Phi) is 6.65. The van der Waals surface area contributed by atoms with E-state index >= 15 is 0 Å². The van der Waals surface area contributed by atoms with Crippen molar-refractivity contribution in [2.45, 2.75) is 30.8 Å². The maximum atomic E-state index is 13.6. The van der Waals surface area contributed by atoms with Gasteiger partial charge in [-0.05, 0) is 49.2 Å². The number of para-hydroxylation sites is 1. The number of hydrogen-bond acceptors (Lipinski definition) is 5. The molecular formula is C25H23FN2O5S. The van der Waals surface area contributed by atoms with Crippen LogP contribution in [0, 0.1) is 5.82 Å². The third kappa shape index (κ3) is 4.79. The van der Waals surface area contributed by atoms with E-state index in [0.29, 0.717) is 17.7 Å². The van der Waals surface area contributed by atoms with E-state index in [-0.39, 0.29) is 23.0 Å². The zero-order chi connectivity index (χ0) is 24.3. The summed E-state index contributed by atoms with van der Waals surface area (Å²) in [5.74, 6) is -1.90. The lowest BCUT2D eigenvalue weighted by Crippen LogP contribution is -2.35. The van der Waals surface area contributed by atoms with Gasteiger partial charge in [0, 0.05) is 18.2 Å². The Labute approximate surface area is 197 Å². The summed E-state index contributed by atoms with van der Waals surface area (Å²) in [4.78, 5) is 24.4. The molecule has 7 nitrogen and oxygen atoms in total. The second-order valence-electron chi connectivity index (χ2n) is 7.95. The first kappa shape index (κ1) is 23.4. The van der Waals surface area contributed by atoms with Gasteiger partial charge in [0.2, 0.25) is 0 Å². The van der Waals surface area contributed by atoms with Crippen LogP contribution >= 0.6 is 0 Å². The van der Waals surface area contributed by atoms with E-state index in [2.05, 4.69) is 5.32 Å². The van der Waals surface area contributed by atoms with Crippen LogP contribution in [0.3, 0.4) is 0 Å². The molecule has 0 aliphatic carbocycles. The van der Waals surface area contributed by atoms with Crippen LogP contribution in [-0.2, 0) is 32.5 Å². The number of nitrogens with one attached hydrogen (secondary N) is 1. The highest BCUT2D eigenvalue weighted by atomic mass is 32.2. The predicted molar refractivity (Wildman–Crippen MR) is 124 cm³/mol. The molecule has 1 atom stereocenters. The standard InChI is InChI=1S/C25H23FN2O5S/c1-17-13-18-7-3-5-12-23(18)28(17)34(31,32)21-10-6-9-19(14-21)25(30)33-16-24(29)27-15-20-8-2-4-11-22(20)26/h2-12,14,17H,13,15-16H2,1H3,(H,27,29). The van der Waals surface area contributed by atoms with E-state index in [1.54, 1.807) is 24.3 Å². The molecule has 0 fully saturated rings. The van der Waals surface area contributed by atoms with Gasteiger partial charge in [0.15, 0.2) is 6.61 Å². The number of sulfonamides is 1. The van der Waals surface area contributed by atoms with Crippen molar-refractivity contribution in [1.29, 1.82) is 0 Å². The molecule has 0 saturated carbocycles. The summed E-state index contributed by atoms with van der Waals surface area (Å²) in [5, 5.41) is 2.47. The lowest BCUT2D eigenvalue weighted by molar-refractivity contribution is -0.124. The number of halogens is 1. The van der Waals surface area contributed by atoms with Crippen molar-refractivity contribution in [3.8, 4) is 0 Å². The Hall–Kier alpha value is -3.72. The van der Waals surface area contributed by atoms with Gasteiger partial charge in [0.1, 0.15) is 5.82 Å². The van der Waals surface area contributed by atoms with Gasteiger partial charge >= 0.3 is 5.97 Å². The summed E-state index contributed by atoms with van der Waals surface area (Å²) >= 11 is 0. The smallest absolute Gasteiger partial charge is 0.338 e. The highest BCUT2D eigenvalue weighted by Crippen LogP contribution is 2.36. The maximum absolute atomic E-state index is 13.6. The zero-order valence-corrected chi connectivity index (χ0v) is 19.2. The van der Waals surface area contributed by atoms with Crippen molar-refractivity contribution in [3.63, 3.8) is 0 Å². The van der Waals surface area contributed by atoms with E-state index in [4.69, 9.17) is 4.74 Å². The lowest BCUT2D eigenvalue weighted by atomic mass is 10.1. The Morgan fingerprint density at radius 1 is 1.06 bits per heavy atom. The summed E-state index contributed by atoms with van der Waals surface area (Å²) < 4.78 is 46.8. The van der Waals surface area contributed by atoms with Crippen molar-refractivity contribution >= 4 is 27.6 Å². The Morgan fingerprint density at radius 2 is 1.79 bits per heavy atom. The highest BCUT2D eigenvalue weighted by Gasteiger charge is 2.36. The summed E-state index contributed by atoms with van der Waals surface area (Å²) in [6.45, 7) is 1.20. The molecule has 0 aromatic heterocycles. The number of fused-ring (bicyclic) bond motifs is 1. The Bertz CT molecular complexity index is 1340. The van der Waals surface area contributed by atoms with Gasteiger partial charge in [-0.25, -0.2) is 17.6 Å². The molecule has 1 aliphatic rings. The molecule has 4 rings (SSSR count). The summed E-state index contributed by atoms with van der Waals surface area (Å²) in [5.41, 5.74) is 1.87. The van der Waals surface area contributed by atoms with Gasteiger partial charge in [-0.3, -0.25) is 9.10 Å². The molecule has 176 valence electrons. The molecule has 34 heavy (non-hydrogen) atoms. The average molecular weight is 483 g/mol. The van der Waals surface area contributed by atoms with Crippen LogP contribution in [0.4, 0.5) is 10.1 Å². The minimum Gasteiger partial charge on any atom is -0.452 e. The third-order valence-electron chi connectivity index (χ3n) is 5.54. The molecule has 0 radical (unpaired) electrons. The minimum absolute atomic E-state index is 0.00288. The van der Waals surface area contributed by atoms with E-state index in [1.807, 2.05) is 19.1 Å². The van der Waals surface area contributed by atoms with Gasteiger partial charge in [-0.1, -0.05) is 42.5 Å². The van der Waals surface area contributed by atoms with E-state index in [9.17, 15) is 22.4 Å². The topological polar surface area (TPSA) is 92.8 Å². The number of amides is 1. The largest absolute Gasteiger partial charge is 0.452 e. The number of ether oxygens (including phenoxy) is 1. The first-order valence-corrected chi connectivity index (χ1v) is 12.1. The van der Waals surface area contributed by atoms with Crippen molar-refractivity contribution in [2.75, 3.05) is 10.9 Å². The number of benzene rings is 3. The fourth-order valence-corrected chi connectivity index (χ4v) is 5.64. The molecule has 1 heterocycles. The van der Waals surface area contributed by atoms with E-state index in [0.717, 1.165) is 5.56 Å². The van der Waals surface area contributed by atoms with Crippen LogP contribution in [-0.4, -0.2) is 32.9 Å². The van der Waals surface area contributed by atoms with Crippen molar-refractivity contribution in [3.05, 3.63) is 95.3 Å². The molecule has 0 saturated heterocycles. The molecular weight excluding hydrogens is 459 g/mol. The summed E-state index contributed by atoms with van der Waals surface area (Å²) in [7, 11) is -3.92. The molecule has 9 heteroatoms. The fraction of sp³-hybridized carbons (Fsp3) is 0.200. The Morgan fingerprint density at radius 3 is 2.59 bits per heavy atom. The number of hydrogen-bond donors (Lipinski definition) is 1. The zero-order valence-electron chi connectivity index (χ0n) is 18.4. The third-order valence-corrected chi connectivity index (χ3v) is 7.46. The Balaban J connectivity index is 1.42. The molecule has 1 N–H and O–H groups in total. The second-order valence-corrected chi connectivity index (χ2v) is 9.77. The van der Waals surface area contributed by atoms with Crippen LogP contribution in [0.25, 0.3) is 0 Å². The van der Waals surface area contributed by atoms with Crippen molar-refractivity contribution < 1.29 is 27.1 Å². The van der Waals surface area contributed by atoms with Crippen LogP contribution in [0.2, 0.25) is 0 Å². The molecule has 0 spiro atoms. The van der Waals surface area contributed by atoms with Crippen LogP contribution in [0.15, 0.2) is 77.7 Å². The summed E-state index contributed by atoms with van der Waals surface area (Å²) in [6, 6.07) is 18.6. The number of esters is 1. The minimum atomic E-state index is -3.92. The first-order valence-electron chi connectivity index (χ1n) is 10.7. The number of rotatable bonds is 7. The summed E-state index contributed by atoms with van der Waals surface area (Å²) in [6.07, 6.45) is 0.596. The number of nitrogens with zero attached hydrogens (tertiary/aromatic N) is 1. The maximum Gasteiger partial charge on any atom is 0.338 e. The molecule has 3 aromatic rings. The predicted octanol–water partition coefficient (Wildman–Crippen LogP) is 3.44. The van der Waals surface area contributed by atoms with Gasteiger partial charge in [0.05, 0.1) is 16.1 Å².